The van der Waals surface area contributed by atoms with Crippen LogP contribution in [0.1, 0.15) is 25.3 Å². The minimum atomic E-state index is -1.20. The van der Waals surface area contributed by atoms with Crippen LogP contribution in [0.5, 0.6) is 5.75 Å². The number of aliphatic hydroxyl groups excluding tert-OH is 1. The fourth-order valence-corrected chi connectivity index (χ4v) is 6.77. The predicted octanol–water partition coefficient (Wildman–Crippen LogP) is 2.76. The van der Waals surface area contributed by atoms with Crippen LogP contribution in [-0.2, 0) is 30.3 Å². The van der Waals surface area contributed by atoms with E-state index < -0.39 is 41.6 Å². The van der Waals surface area contributed by atoms with E-state index in [1.165, 1.54) is 4.90 Å². The number of esters is 1. The highest BCUT2D eigenvalue weighted by Gasteiger charge is 2.75. The van der Waals surface area contributed by atoms with Crippen molar-refractivity contribution in [1.82, 2.24) is 4.90 Å². The summed E-state index contributed by atoms with van der Waals surface area (Å²) >= 11 is 0. The molecule has 2 aromatic carbocycles. The summed E-state index contributed by atoms with van der Waals surface area (Å²) < 4.78 is 17.2. The summed E-state index contributed by atoms with van der Waals surface area (Å²) in [6.07, 6.45) is 2.45. The summed E-state index contributed by atoms with van der Waals surface area (Å²) in [6, 6.07) is 14.9. The first-order valence-corrected chi connectivity index (χ1v) is 13.8. The third-order valence-electron chi connectivity index (χ3n) is 8.41. The molecule has 3 saturated heterocycles. The van der Waals surface area contributed by atoms with E-state index in [4.69, 9.17) is 14.2 Å². The number of carbonyl (C=O) groups is 3. The van der Waals surface area contributed by atoms with Gasteiger partial charge in [0.15, 0.2) is 0 Å². The van der Waals surface area contributed by atoms with Crippen LogP contribution in [0.4, 0.5) is 5.69 Å². The SMILES string of the molecule is C=CCN(C(=O)[C@H]1N([C@@H](CO)Cc2ccccc2)C(=O)[C@@H]2[C@@H](C(=O)OCC)[C@H]3CC[C@]21O3)c1ccc(OC)cc1. The Balaban J connectivity index is 1.59. The number of carbonyl (C=O) groups excluding carboxylic acids is 3. The van der Waals surface area contributed by atoms with Gasteiger partial charge in [0.25, 0.3) is 5.91 Å². The molecule has 212 valence electrons. The van der Waals surface area contributed by atoms with Gasteiger partial charge in [-0.3, -0.25) is 14.4 Å². The summed E-state index contributed by atoms with van der Waals surface area (Å²) in [5.74, 6) is -2.22. The highest BCUT2D eigenvalue weighted by Crippen LogP contribution is 2.59. The first kappa shape index (κ1) is 27.9. The number of methoxy groups -OCH3 is 1. The van der Waals surface area contributed by atoms with Crippen molar-refractivity contribution in [1.29, 1.82) is 0 Å². The molecule has 0 aliphatic carbocycles. The van der Waals surface area contributed by atoms with Gasteiger partial charge in [0.2, 0.25) is 5.91 Å². The maximum atomic E-state index is 14.6. The number of amides is 2. The summed E-state index contributed by atoms with van der Waals surface area (Å²) in [6.45, 7) is 5.59. The summed E-state index contributed by atoms with van der Waals surface area (Å²) in [7, 11) is 1.57. The number of likely N-dealkylation sites (tertiary alicyclic amines) is 1. The van der Waals surface area contributed by atoms with Crippen molar-refractivity contribution in [2.45, 2.75) is 50.0 Å². The number of ether oxygens (including phenoxy) is 3. The van der Waals surface area contributed by atoms with Crippen LogP contribution in [0.2, 0.25) is 0 Å². The van der Waals surface area contributed by atoms with Crippen LogP contribution in [0.25, 0.3) is 0 Å². The van der Waals surface area contributed by atoms with Gasteiger partial charge in [-0.05, 0) is 56.0 Å². The van der Waals surface area contributed by atoms with E-state index in [-0.39, 0.29) is 31.6 Å². The second kappa shape index (κ2) is 11.4. The van der Waals surface area contributed by atoms with Gasteiger partial charge in [0.1, 0.15) is 17.4 Å². The number of aliphatic hydroxyl groups is 1. The van der Waals surface area contributed by atoms with Crippen molar-refractivity contribution in [3.05, 3.63) is 72.8 Å². The second-order valence-corrected chi connectivity index (χ2v) is 10.5. The smallest absolute Gasteiger partial charge is 0.312 e. The maximum Gasteiger partial charge on any atom is 0.312 e. The van der Waals surface area contributed by atoms with Crippen LogP contribution in [-0.4, -0.2) is 78.4 Å². The second-order valence-electron chi connectivity index (χ2n) is 10.5. The minimum Gasteiger partial charge on any atom is -0.497 e. The number of hydrogen-bond donors (Lipinski definition) is 1. The first-order valence-electron chi connectivity index (χ1n) is 13.8. The molecule has 40 heavy (non-hydrogen) atoms. The Kier molecular flexibility index (Phi) is 7.96. The molecule has 0 saturated carbocycles. The zero-order chi connectivity index (χ0) is 28.4. The Morgan fingerprint density at radius 3 is 2.58 bits per heavy atom. The van der Waals surface area contributed by atoms with Crippen molar-refractivity contribution < 1.29 is 33.7 Å². The van der Waals surface area contributed by atoms with Crippen molar-refractivity contribution in [2.24, 2.45) is 11.8 Å². The monoisotopic (exact) mass is 548 g/mol. The molecule has 3 aliphatic heterocycles. The molecule has 9 nitrogen and oxygen atoms in total. The lowest BCUT2D eigenvalue weighted by Crippen LogP contribution is -2.59. The maximum absolute atomic E-state index is 14.6. The number of rotatable bonds is 11. The number of benzene rings is 2. The lowest BCUT2D eigenvalue weighted by Gasteiger charge is -2.39. The molecule has 2 aromatic rings. The highest BCUT2D eigenvalue weighted by atomic mass is 16.6. The van der Waals surface area contributed by atoms with Gasteiger partial charge in [-0.1, -0.05) is 36.4 Å². The molecular weight excluding hydrogens is 512 g/mol. The molecule has 9 heteroatoms. The third-order valence-corrected chi connectivity index (χ3v) is 8.41. The topological polar surface area (TPSA) is 106 Å². The number of anilines is 1. The Morgan fingerprint density at radius 1 is 1.23 bits per heavy atom. The fourth-order valence-electron chi connectivity index (χ4n) is 6.77. The third kappa shape index (κ3) is 4.57. The van der Waals surface area contributed by atoms with Crippen LogP contribution >= 0.6 is 0 Å². The summed E-state index contributed by atoms with van der Waals surface area (Å²) in [5.41, 5.74) is 0.322. The largest absolute Gasteiger partial charge is 0.497 e. The molecule has 2 amide bonds. The van der Waals surface area contributed by atoms with Gasteiger partial charge in [0, 0.05) is 12.2 Å². The quantitative estimate of drug-likeness (QED) is 0.340. The number of fused-ring (bicyclic) bond motifs is 1. The van der Waals surface area contributed by atoms with Crippen molar-refractivity contribution >= 4 is 23.5 Å². The van der Waals surface area contributed by atoms with Gasteiger partial charge >= 0.3 is 5.97 Å². The lowest BCUT2D eigenvalue weighted by atomic mass is 9.70. The summed E-state index contributed by atoms with van der Waals surface area (Å²) in [5, 5.41) is 10.6. The molecule has 3 fully saturated rings. The van der Waals surface area contributed by atoms with Gasteiger partial charge in [0.05, 0.1) is 44.3 Å². The first-order chi connectivity index (χ1) is 19.4. The van der Waals surface area contributed by atoms with Crippen LogP contribution in [0, 0.1) is 11.8 Å². The van der Waals surface area contributed by atoms with E-state index in [0.29, 0.717) is 30.7 Å². The Hall–Kier alpha value is -3.69. The number of hydrogen-bond acceptors (Lipinski definition) is 7. The average Bonchev–Trinajstić information content (AvgIpc) is 3.62. The molecule has 6 atom stereocenters. The van der Waals surface area contributed by atoms with E-state index in [1.807, 2.05) is 30.3 Å². The van der Waals surface area contributed by atoms with E-state index in [2.05, 4.69) is 6.58 Å². The minimum absolute atomic E-state index is 0.180. The van der Waals surface area contributed by atoms with Gasteiger partial charge in [-0.15, -0.1) is 6.58 Å². The van der Waals surface area contributed by atoms with Crippen LogP contribution in [0.3, 0.4) is 0 Å². The molecule has 3 heterocycles. The molecular formula is C31H36N2O7. The standard InChI is InChI=1S/C31H36N2O7/c1-4-17-32(21-11-13-23(38-3)14-12-21)29(36)27-31-16-15-24(40-31)25(30(37)39-5-2)26(31)28(35)33(27)22(19-34)18-20-9-7-6-8-10-20/h4,6-14,22,24-27,34H,1,5,15-19H2,2-3H3/t22-,24-,25+,26+,27-,31+/m1/s1. The van der Waals surface area contributed by atoms with E-state index in [1.54, 1.807) is 49.3 Å². The van der Waals surface area contributed by atoms with Crippen molar-refractivity contribution in [3.63, 3.8) is 0 Å². The normalized spacial score (nSPS) is 27.3. The molecule has 3 aliphatic rings. The fraction of sp³-hybridized carbons (Fsp3) is 0.452. The van der Waals surface area contributed by atoms with E-state index in [9.17, 15) is 19.5 Å². The van der Waals surface area contributed by atoms with Gasteiger partial charge in [-0.2, -0.15) is 0 Å². The molecule has 0 unspecified atom stereocenters. The lowest BCUT2D eigenvalue weighted by molar-refractivity contribution is -0.155. The molecule has 0 radical (unpaired) electrons. The van der Waals surface area contributed by atoms with Crippen LogP contribution < -0.4 is 9.64 Å². The zero-order valence-corrected chi connectivity index (χ0v) is 22.9. The summed E-state index contributed by atoms with van der Waals surface area (Å²) in [4.78, 5) is 45.1. The molecule has 5 rings (SSSR count). The van der Waals surface area contributed by atoms with E-state index in [0.717, 1.165) is 5.56 Å². The van der Waals surface area contributed by atoms with Gasteiger partial charge < -0.3 is 29.1 Å². The Labute approximate surface area is 234 Å². The Bertz CT molecular complexity index is 1250. The molecule has 1 spiro atoms. The van der Waals surface area contributed by atoms with Gasteiger partial charge in [-0.25, -0.2) is 0 Å². The number of nitrogens with zero attached hydrogens (tertiary/aromatic N) is 2. The highest BCUT2D eigenvalue weighted by molar-refractivity contribution is 6.04. The predicted molar refractivity (Wildman–Crippen MR) is 148 cm³/mol. The van der Waals surface area contributed by atoms with Crippen LogP contribution in [0.15, 0.2) is 67.3 Å². The zero-order valence-electron chi connectivity index (χ0n) is 22.9. The van der Waals surface area contributed by atoms with E-state index >= 15 is 0 Å². The van der Waals surface area contributed by atoms with Crippen molar-refractivity contribution in [3.8, 4) is 5.75 Å². The van der Waals surface area contributed by atoms with Crippen molar-refractivity contribution in [2.75, 3.05) is 31.8 Å². The average molecular weight is 549 g/mol. The molecule has 2 bridgehead atoms. The molecule has 1 N–H and O–H groups in total. The Morgan fingerprint density at radius 2 is 1.95 bits per heavy atom. The molecule has 0 aromatic heterocycles.